The summed E-state index contributed by atoms with van der Waals surface area (Å²) >= 11 is 0. The number of anilines is 1. The maximum absolute atomic E-state index is 12.7. The predicted molar refractivity (Wildman–Crippen MR) is 106 cm³/mol. The van der Waals surface area contributed by atoms with E-state index < -0.39 is 18.0 Å². The fraction of sp³-hybridized carbons (Fsp3) is 0.0952. The first-order chi connectivity index (χ1) is 14.8. The van der Waals surface area contributed by atoms with E-state index in [9.17, 15) is 18.0 Å². The zero-order chi connectivity index (χ0) is 22.0. The Labute approximate surface area is 174 Å². The topological polar surface area (TPSA) is 77.8 Å². The summed E-state index contributed by atoms with van der Waals surface area (Å²) in [7, 11) is 1.44. The van der Waals surface area contributed by atoms with Gasteiger partial charge in [0.05, 0.1) is 18.5 Å². The van der Waals surface area contributed by atoms with Crippen LogP contribution in [0.4, 0.5) is 18.9 Å². The Hall–Kier alpha value is -4.08. The van der Waals surface area contributed by atoms with Gasteiger partial charge >= 0.3 is 6.36 Å². The van der Waals surface area contributed by atoms with Crippen LogP contribution in [0.2, 0.25) is 0 Å². The Bertz CT molecular complexity index is 1220. The first-order valence-corrected chi connectivity index (χ1v) is 8.98. The molecule has 31 heavy (non-hydrogen) atoms. The van der Waals surface area contributed by atoms with Crippen molar-refractivity contribution in [3.63, 3.8) is 0 Å². The number of aromatic nitrogens is 3. The number of halogens is 3. The number of hydrogen-bond acceptors (Lipinski definition) is 5. The molecule has 0 spiro atoms. The number of imidazole rings is 1. The molecule has 2 aromatic carbocycles. The largest absolute Gasteiger partial charge is 0.573 e. The van der Waals surface area contributed by atoms with E-state index in [0.717, 1.165) is 12.1 Å². The third-order valence-electron chi connectivity index (χ3n) is 4.31. The fourth-order valence-corrected chi connectivity index (χ4v) is 2.96. The van der Waals surface area contributed by atoms with Gasteiger partial charge in [0.1, 0.15) is 11.5 Å². The number of nitrogens with zero attached hydrogens (tertiary/aromatic N) is 3. The summed E-state index contributed by atoms with van der Waals surface area (Å²) in [6, 6.07) is 11.7. The number of benzene rings is 2. The lowest BCUT2D eigenvalue weighted by molar-refractivity contribution is -0.274. The van der Waals surface area contributed by atoms with Gasteiger partial charge in [0.15, 0.2) is 0 Å². The molecule has 2 heterocycles. The van der Waals surface area contributed by atoms with Crippen molar-refractivity contribution in [2.75, 3.05) is 12.4 Å². The van der Waals surface area contributed by atoms with Gasteiger partial charge in [0.2, 0.25) is 5.78 Å². The van der Waals surface area contributed by atoms with Gasteiger partial charge in [0.25, 0.3) is 5.91 Å². The number of fused-ring (bicyclic) bond motifs is 1. The Balaban J connectivity index is 1.62. The highest BCUT2D eigenvalue weighted by atomic mass is 19.4. The van der Waals surface area contributed by atoms with Crippen molar-refractivity contribution >= 4 is 17.4 Å². The van der Waals surface area contributed by atoms with E-state index in [2.05, 4.69) is 20.0 Å². The fourth-order valence-electron chi connectivity index (χ4n) is 2.96. The lowest BCUT2D eigenvalue weighted by Crippen LogP contribution is -2.18. The molecule has 0 saturated heterocycles. The number of carbonyl (C=O) groups excluding carboxylic acids is 1. The van der Waals surface area contributed by atoms with Crippen LogP contribution < -0.4 is 14.8 Å². The van der Waals surface area contributed by atoms with Crippen molar-refractivity contribution < 1.29 is 27.4 Å². The second-order valence-electron chi connectivity index (χ2n) is 6.40. The average Bonchev–Trinajstić information content (AvgIpc) is 3.17. The van der Waals surface area contributed by atoms with E-state index >= 15 is 0 Å². The number of amides is 1. The smallest absolute Gasteiger partial charge is 0.495 e. The van der Waals surface area contributed by atoms with Crippen molar-refractivity contribution in [1.82, 2.24) is 14.4 Å². The van der Waals surface area contributed by atoms with Gasteiger partial charge in [-0.05, 0) is 42.5 Å². The standard InChI is InChI=1S/C21H15F3N4O3/c1-30-18-7-6-13(17-12-28-9-3-8-25-20(28)27-17)11-16(18)26-19(29)14-4-2-5-15(10-14)31-21(22,23)24/h2-12H,1H3,(H,26,29). The normalized spacial score (nSPS) is 11.4. The molecule has 0 aliphatic heterocycles. The SMILES string of the molecule is COc1ccc(-c2cn3cccnc3n2)cc1NC(=O)c1cccc(OC(F)(F)F)c1. The molecule has 0 bridgehead atoms. The molecule has 0 radical (unpaired) electrons. The van der Waals surface area contributed by atoms with Crippen LogP contribution in [0.5, 0.6) is 11.5 Å². The molecular weight excluding hydrogens is 413 g/mol. The van der Waals surface area contributed by atoms with Crippen LogP contribution in [0.25, 0.3) is 17.0 Å². The number of methoxy groups -OCH3 is 1. The number of nitrogens with one attached hydrogen (secondary N) is 1. The highest BCUT2D eigenvalue weighted by molar-refractivity contribution is 6.05. The molecule has 2 aromatic heterocycles. The zero-order valence-corrected chi connectivity index (χ0v) is 16.1. The summed E-state index contributed by atoms with van der Waals surface area (Å²) in [6.45, 7) is 0. The second-order valence-corrected chi connectivity index (χ2v) is 6.40. The minimum absolute atomic E-state index is 0.00821. The van der Waals surface area contributed by atoms with Crippen molar-refractivity contribution in [1.29, 1.82) is 0 Å². The quantitative estimate of drug-likeness (QED) is 0.505. The molecule has 158 valence electrons. The Morgan fingerprint density at radius 1 is 1.13 bits per heavy atom. The molecule has 0 unspecified atom stereocenters. The van der Waals surface area contributed by atoms with Crippen LogP contribution in [0.1, 0.15) is 10.4 Å². The molecule has 10 heteroatoms. The van der Waals surface area contributed by atoms with Crippen LogP contribution in [-0.4, -0.2) is 33.7 Å². The molecular formula is C21H15F3N4O3. The molecule has 4 rings (SSSR count). The maximum atomic E-state index is 12.7. The second kappa shape index (κ2) is 7.98. The van der Waals surface area contributed by atoms with E-state index in [1.807, 2.05) is 0 Å². The van der Waals surface area contributed by atoms with Crippen molar-refractivity contribution in [2.45, 2.75) is 6.36 Å². The van der Waals surface area contributed by atoms with Crippen LogP contribution in [0.3, 0.4) is 0 Å². The van der Waals surface area contributed by atoms with E-state index in [4.69, 9.17) is 4.74 Å². The Morgan fingerprint density at radius 3 is 2.71 bits per heavy atom. The number of ether oxygens (including phenoxy) is 2. The van der Waals surface area contributed by atoms with Gasteiger partial charge in [0, 0.05) is 29.7 Å². The van der Waals surface area contributed by atoms with Crippen molar-refractivity contribution in [2.24, 2.45) is 0 Å². The van der Waals surface area contributed by atoms with E-state index in [-0.39, 0.29) is 5.56 Å². The molecule has 0 saturated carbocycles. The molecule has 0 fully saturated rings. The van der Waals surface area contributed by atoms with E-state index in [1.165, 1.54) is 19.2 Å². The summed E-state index contributed by atoms with van der Waals surface area (Å²) in [5, 5.41) is 2.66. The number of rotatable bonds is 5. The van der Waals surface area contributed by atoms with Crippen LogP contribution in [-0.2, 0) is 0 Å². The number of carbonyl (C=O) groups is 1. The van der Waals surface area contributed by atoms with Gasteiger partial charge < -0.3 is 14.8 Å². The summed E-state index contributed by atoms with van der Waals surface area (Å²) < 4.78 is 48.3. The first-order valence-electron chi connectivity index (χ1n) is 8.98. The monoisotopic (exact) mass is 428 g/mol. The maximum Gasteiger partial charge on any atom is 0.573 e. The minimum atomic E-state index is -4.85. The Kier molecular flexibility index (Phi) is 5.20. The number of hydrogen-bond donors (Lipinski definition) is 1. The summed E-state index contributed by atoms with van der Waals surface area (Å²) in [6.07, 6.45) is 0.368. The summed E-state index contributed by atoms with van der Waals surface area (Å²) in [5.41, 5.74) is 1.64. The zero-order valence-electron chi connectivity index (χ0n) is 16.1. The molecule has 0 aliphatic carbocycles. The molecule has 1 N–H and O–H groups in total. The summed E-state index contributed by atoms with van der Waals surface area (Å²) in [5.74, 6) is -0.222. The van der Waals surface area contributed by atoms with Gasteiger partial charge in [-0.2, -0.15) is 0 Å². The van der Waals surface area contributed by atoms with Crippen LogP contribution in [0.15, 0.2) is 67.1 Å². The lowest BCUT2D eigenvalue weighted by atomic mass is 10.1. The third-order valence-corrected chi connectivity index (χ3v) is 4.31. The number of alkyl halides is 3. The minimum Gasteiger partial charge on any atom is -0.495 e. The highest BCUT2D eigenvalue weighted by Crippen LogP contribution is 2.31. The highest BCUT2D eigenvalue weighted by Gasteiger charge is 2.31. The van der Waals surface area contributed by atoms with E-state index in [1.54, 1.807) is 47.3 Å². The van der Waals surface area contributed by atoms with E-state index in [0.29, 0.717) is 28.5 Å². The van der Waals surface area contributed by atoms with Gasteiger partial charge in [-0.25, -0.2) is 9.97 Å². The first kappa shape index (κ1) is 20.2. The third kappa shape index (κ3) is 4.58. The molecule has 0 atom stereocenters. The van der Waals surface area contributed by atoms with Crippen molar-refractivity contribution in [3.05, 3.63) is 72.7 Å². The van der Waals surface area contributed by atoms with Crippen LogP contribution in [0, 0.1) is 0 Å². The molecule has 1 amide bonds. The Morgan fingerprint density at radius 2 is 1.97 bits per heavy atom. The van der Waals surface area contributed by atoms with Gasteiger partial charge in [-0.15, -0.1) is 13.2 Å². The van der Waals surface area contributed by atoms with Crippen molar-refractivity contribution in [3.8, 4) is 22.8 Å². The molecule has 4 aromatic rings. The van der Waals surface area contributed by atoms with Crippen LogP contribution >= 0.6 is 0 Å². The lowest BCUT2D eigenvalue weighted by Gasteiger charge is -2.13. The predicted octanol–water partition coefficient (Wildman–Crippen LogP) is 4.56. The average molecular weight is 428 g/mol. The van der Waals surface area contributed by atoms with Gasteiger partial charge in [-0.3, -0.25) is 9.20 Å². The molecule has 7 nitrogen and oxygen atoms in total. The summed E-state index contributed by atoms with van der Waals surface area (Å²) in [4.78, 5) is 21.3. The molecule has 0 aliphatic rings. The van der Waals surface area contributed by atoms with Gasteiger partial charge in [-0.1, -0.05) is 6.07 Å².